The molecular weight excluding hydrogens is 194 g/mol. The molecule has 0 aliphatic rings. The highest BCUT2D eigenvalue weighted by Crippen LogP contribution is 1.96. The van der Waals surface area contributed by atoms with Crippen molar-refractivity contribution in [3.8, 4) is 0 Å². The Kier molecular flexibility index (Phi) is 7.62. The highest BCUT2D eigenvalue weighted by molar-refractivity contribution is 5.85. The highest BCUT2D eigenvalue weighted by atomic mass is 16.2. The van der Waals surface area contributed by atoms with Crippen LogP contribution in [0.3, 0.4) is 0 Å². The summed E-state index contributed by atoms with van der Waals surface area (Å²) in [5.74, 6) is -0.377. The summed E-state index contributed by atoms with van der Waals surface area (Å²) in [5, 5.41) is 2.45. The van der Waals surface area contributed by atoms with Crippen molar-refractivity contribution >= 4 is 11.8 Å². The summed E-state index contributed by atoms with van der Waals surface area (Å²) in [6, 6.07) is 0. The van der Waals surface area contributed by atoms with Crippen molar-refractivity contribution < 1.29 is 9.59 Å². The molecule has 0 heterocycles. The Labute approximate surface area is 91.0 Å². The lowest BCUT2D eigenvalue weighted by Crippen LogP contribution is -2.40. The zero-order valence-corrected chi connectivity index (χ0v) is 9.58. The monoisotopic (exact) mass is 215 g/mol. The van der Waals surface area contributed by atoms with Gasteiger partial charge in [0, 0.05) is 13.6 Å². The molecule has 0 unspecified atom stereocenters. The van der Waals surface area contributed by atoms with Crippen molar-refractivity contribution in [2.45, 2.75) is 26.2 Å². The van der Waals surface area contributed by atoms with Crippen LogP contribution in [0.4, 0.5) is 0 Å². The average molecular weight is 215 g/mol. The number of nitrogens with one attached hydrogen (secondary N) is 1. The maximum atomic E-state index is 11.4. The molecule has 0 aliphatic carbocycles. The van der Waals surface area contributed by atoms with Crippen LogP contribution in [0.25, 0.3) is 0 Å². The minimum absolute atomic E-state index is 0.0403. The maximum Gasteiger partial charge on any atom is 0.241 e. The van der Waals surface area contributed by atoms with Gasteiger partial charge in [-0.05, 0) is 6.42 Å². The molecule has 0 saturated carbocycles. The first-order valence-electron chi connectivity index (χ1n) is 5.32. The van der Waals surface area contributed by atoms with Gasteiger partial charge in [0.15, 0.2) is 0 Å². The SMILES string of the molecule is CCCCCN(C)C(=O)CNC(=O)CN. The van der Waals surface area contributed by atoms with Gasteiger partial charge < -0.3 is 16.0 Å². The first-order chi connectivity index (χ1) is 7.11. The van der Waals surface area contributed by atoms with E-state index >= 15 is 0 Å². The van der Waals surface area contributed by atoms with Crippen molar-refractivity contribution in [2.24, 2.45) is 5.73 Å². The van der Waals surface area contributed by atoms with Crippen molar-refractivity contribution in [2.75, 3.05) is 26.7 Å². The Morgan fingerprint density at radius 1 is 1.33 bits per heavy atom. The molecule has 0 aromatic carbocycles. The number of nitrogens with two attached hydrogens (primary N) is 1. The van der Waals surface area contributed by atoms with Crippen molar-refractivity contribution in [3.63, 3.8) is 0 Å². The maximum absolute atomic E-state index is 11.4. The fraction of sp³-hybridized carbons (Fsp3) is 0.800. The molecule has 0 aromatic heterocycles. The number of unbranched alkanes of at least 4 members (excludes halogenated alkanes) is 2. The summed E-state index contributed by atoms with van der Waals surface area (Å²) < 4.78 is 0. The fourth-order valence-electron chi connectivity index (χ4n) is 1.10. The Hall–Kier alpha value is -1.10. The van der Waals surface area contributed by atoms with Gasteiger partial charge in [0.05, 0.1) is 13.1 Å². The molecule has 0 rings (SSSR count). The molecule has 0 bridgehead atoms. The number of carbonyl (C=O) groups excluding carboxylic acids is 2. The largest absolute Gasteiger partial charge is 0.346 e. The summed E-state index contributed by atoms with van der Waals surface area (Å²) in [5.41, 5.74) is 5.10. The van der Waals surface area contributed by atoms with E-state index in [0.29, 0.717) is 0 Å². The molecule has 0 spiro atoms. The molecule has 5 nitrogen and oxygen atoms in total. The average Bonchev–Trinajstić information content (AvgIpc) is 2.25. The van der Waals surface area contributed by atoms with Crippen LogP contribution >= 0.6 is 0 Å². The summed E-state index contributed by atoms with van der Waals surface area (Å²) in [4.78, 5) is 23.9. The topological polar surface area (TPSA) is 75.4 Å². The molecule has 15 heavy (non-hydrogen) atoms. The molecule has 3 N–H and O–H groups in total. The second kappa shape index (κ2) is 8.23. The zero-order chi connectivity index (χ0) is 11.7. The van der Waals surface area contributed by atoms with E-state index in [-0.39, 0.29) is 24.9 Å². The number of likely N-dealkylation sites (N-methyl/N-ethyl adjacent to an activating group) is 1. The van der Waals surface area contributed by atoms with Crippen molar-refractivity contribution in [1.82, 2.24) is 10.2 Å². The van der Waals surface area contributed by atoms with Gasteiger partial charge in [-0.2, -0.15) is 0 Å². The Balaban J connectivity index is 3.64. The van der Waals surface area contributed by atoms with Gasteiger partial charge in [-0.15, -0.1) is 0 Å². The van der Waals surface area contributed by atoms with Crippen LogP contribution in [0.2, 0.25) is 0 Å². The highest BCUT2D eigenvalue weighted by Gasteiger charge is 2.08. The number of hydrogen-bond acceptors (Lipinski definition) is 3. The van der Waals surface area contributed by atoms with E-state index in [2.05, 4.69) is 12.2 Å². The van der Waals surface area contributed by atoms with E-state index < -0.39 is 0 Å². The molecule has 0 saturated heterocycles. The number of amides is 2. The number of nitrogens with zero attached hydrogens (tertiary/aromatic N) is 1. The molecule has 5 heteroatoms. The fourth-order valence-corrected chi connectivity index (χ4v) is 1.10. The van der Waals surface area contributed by atoms with Crippen LogP contribution < -0.4 is 11.1 Å². The molecule has 0 radical (unpaired) electrons. The lowest BCUT2D eigenvalue weighted by molar-refractivity contribution is -0.131. The van der Waals surface area contributed by atoms with E-state index in [1.165, 1.54) is 0 Å². The Bertz CT molecular complexity index is 207. The van der Waals surface area contributed by atoms with Gasteiger partial charge in [-0.25, -0.2) is 0 Å². The third-order valence-corrected chi connectivity index (χ3v) is 2.15. The lowest BCUT2D eigenvalue weighted by atomic mass is 10.2. The van der Waals surface area contributed by atoms with E-state index in [1.807, 2.05) is 0 Å². The predicted octanol–water partition coefficient (Wildman–Crippen LogP) is -0.290. The van der Waals surface area contributed by atoms with E-state index in [0.717, 1.165) is 25.8 Å². The molecule has 2 amide bonds. The summed E-state index contributed by atoms with van der Waals surface area (Å²) in [6.45, 7) is 2.82. The second-order valence-corrected chi connectivity index (χ2v) is 3.50. The van der Waals surface area contributed by atoms with Crippen LogP contribution in [-0.2, 0) is 9.59 Å². The quantitative estimate of drug-likeness (QED) is 0.573. The lowest BCUT2D eigenvalue weighted by Gasteiger charge is -2.16. The molecule has 0 atom stereocenters. The third-order valence-electron chi connectivity index (χ3n) is 2.15. The van der Waals surface area contributed by atoms with Crippen LogP contribution in [0, 0.1) is 0 Å². The summed E-state index contributed by atoms with van der Waals surface area (Å²) in [7, 11) is 1.74. The molecule has 88 valence electrons. The van der Waals surface area contributed by atoms with E-state index in [4.69, 9.17) is 5.73 Å². The minimum Gasteiger partial charge on any atom is -0.346 e. The number of hydrogen-bond donors (Lipinski definition) is 2. The predicted molar refractivity (Wildman–Crippen MR) is 59.2 cm³/mol. The number of carbonyl (C=O) groups is 2. The van der Waals surface area contributed by atoms with Gasteiger partial charge in [-0.1, -0.05) is 19.8 Å². The van der Waals surface area contributed by atoms with Crippen LogP contribution in [0.15, 0.2) is 0 Å². The minimum atomic E-state index is -0.301. The first kappa shape index (κ1) is 13.9. The molecule has 0 fully saturated rings. The van der Waals surface area contributed by atoms with E-state index in [9.17, 15) is 9.59 Å². The number of rotatable bonds is 7. The van der Waals surface area contributed by atoms with Crippen LogP contribution in [-0.4, -0.2) is 43.4 Å². The van der Waals surface area contributed by atoms with Crippen molar-refractivity contribution in [1.29, 1.82) is 0 Å². The first-order valence-corrected chi connectivity index (χ1v) is 5.32. The molecular formula is C10H21N3O2. The second-order valence-electron chi connectivity index (χ2n) is 3.50. The zero-order valence-electron chi connectivity index (χ0n) is 9.58. The standard InChI is InChI=1S/C10H21N3O2/c1-3-4-5-6-13(2)10(15)8-12-9(14)7-11/h3-8,11H2,1-2H3,(H,12,14). The summed E-state index contributed by atoms with van der Waals surface area (Å²) >= 11 is 0. The molecule has 0 aromatic rings. The normalized spacial score (nSPS) is 9.80. The van der Waals surface area contributed by atoms with Crippen LogP contribution in [0.5, 0.6) is 0 Å². The Morgan fingerprint density at radius 3 is 2.53 bits per heavy atom. The Morgan fingerprint density at radius 2 is 2.00 bits per heavy atom. The third kappa shape index (κ3) is 6.90. The van der Waals surface area contributed by atoms with Gasteiger partial charge in [0.25, 0.3) is 0 Å². The molecule has 0 aliphatic heterocycles. The van der Waals surface area contributed by atoms with Gasteiger partial charge in [-0.3, -0.25) is 9.59 Å². The van der Waals surface area contributed by atoms with E-state index in [1.54, 1.807) is 11.9 Å². The van der Waals surface area contributed by atoms with Gasteiger partial charge in [0.2, 0.25) is 11.8 Å². The van der Waals surface area contributed by atoms with Gasteiger partial charge in [0.1, 0.15) is 0 Å². The van der Waals surface area contributed by atoms with Crippen molar-refractivity contribution in [3.05, 3.63) is 0 Å². The summed E-state index contributed by atoms with van der Waals surface area (Å²) in [6.07, 6.45) is 3.25. The van der Waals surface area contributed by atoms with Crippen LogP contribution in [0.1, 0.15) is 26.2 Å². The smallest absolute Gasteiger partial charge is 0.241 e. The van der Waals surface area contributed by atoms with Gasteiger partial charge >= 0.3 is 0 Å².